The van der Waals surface area contributed by atoms with Crippen LogP contribution in [0, 0.1) is 6.92 Å². The van der Waals surface area contributed by atoms with Gasteiger partial charge in [-0.05, 0) is 24.6 Å². The number of carbonyl (C=O) groups is 1. The Hall–Kier alpha value is -2.92. The highest BCUT2D eigenvalue weighted by Crippen LogP contribution is 2.14. The molecule has 5 nitrogen and oxygen atoms in total. The number of para-hydroxylation sites is 1. The second kappa shape index (κ2) is 7.76. The highest BCUT2D eigenvalue weighted by atomic mass is 16.2. The van der Waals surface area contributed by atoms with Crippen molar-refractivity contribution in [1.29, 1.82) is 0 Å². The van der Waals surface area contributed by atoms with Gasteiger partial charge in [-0.15, -0.1) is 0 Å². The lowest BCUT2D eigenvalue weighted by Crippen LogP contribution is -2.48. The molecule has 0 radical (unpaired) electrons. The van der Waals surface area contributed by atoms with E-state index in [1.54, 1.807) is 10.9 Å². The summed E-state index contributed by atoms with van der Waals surface area (Å²) < 4.78 is 1.75. The first-order valence-electron chi connectivity index (χ1n) is 9.36. The van der Waals surface area contributed by atoms with Crippen LogP contribution in [0.5, 0.6) is 0 Å². The van der Waals surface area contributed by atoms with E-state index in [4.69, 9.17) is 0 Å². The number of aromatic nitrogens is 2. The van der Waals surface area contributed by atoms with Crippen molar-refractivity contribution in [3.05, 3.63) is 83.7 Å². The van der Waals surface area contributed by atoms with E-state index in [1.165, 1.54) is 11.1 Å². The van der Waals surface area contributed by atoms with Crippen LogP contribution in [0.3, 0.4) is 0 Å². The molecule has 1 saturated heterocycles. The van der Waals surface area contributed by atoms with E-state index in [2.05, 4.69) is 41.2 Å². The number of hydrogen-bond donors (Lipinski definition) is 0. The van der Waals surface area contributed by atoms with Crippen molar-refractivity contribution >= 4 is 5.91 Å². The van der Waals surface area contributed by atoms with Gasteiger partial charge in [-0.25, -0.2) is 4.68 Å². The van der Waals surface area contributed by atoms with Crippen molar-refractivity contribution in [3.8, 4) is 5.69 Å². The Morgan fingerprint density at radius 1 is 1.00 bits per heavy atom. The Bertz CT molecular complexity index is 911. The van der Waals surface area contributed by atoms with Gasteiger partial charge >= 0.3 is 0 Å². The molecule has 138 valence electrons. The number of amides is 1. The van der Waals surface area contributed by atoms with E-state index < -0.39 is 0 Å². The third-order valence-electron chi connectivity index (χ3n) is 5.00. The van der Waals surface area contributed by atoms with E-state index in [9.17, 15) is 4.79 Å². The summed E-state index contributed by atoms with van der Waals surface area (Å²) >= 11 is 0. The second-order valence-electron chi connectivity index (χ2n) is 7.07. The van der Waals surface area contributed by atoms with Crippen LogP contribution in [0.15, 0.2) is 67.0 Å². The van der Waals surface area contributed by atoms with Gasteiger partial charge in [0.05, 0.1) is 17.4 Å². The number of nitrogens with zero attached hydrogens (tertiary/aromatic N) is 4. The molecule has 27 heavy (non-hydrogen) atoms. The summed E-state index contributed by atoms with van der Waals surface area (Å²) in [6.07, 6.45) is 3.48. The molecular formula is C22H24N4O. The number of piperazine rings is 1. The zero-order valence-electron chi connectivity index (χ0n) is 15.6. The molecule has 0 aliphatic carbocycles. The summed E-state index contributed by atoms with van der Waals surface area (Å²) in [5, 5.41) is 4.34. The molecule has 0 unspecified atom stereocenters. The number of rotatable bonds is 4. The smallest absolute Gasteiger partial charge is 0.257 e. The zero-order chi connectivity index (χ0) is 18.6. The first kappa shape index (κ1) is 17.5. The molecule has 2 heterocycles. The van der Waals surface area contributed by atoms with E-state index in [0.29, 0.717) is 5.56 Å². The number of aryl methyl sites for hydroxylation is 1. The van der Waals surface area contributed by atoms with Crippen molar-refractivity contribution in [2.75, 3.05) is 26.2 Å². The topological polar surface area (TPSA) is 41.4 Å². The Labute approximate surface area is 159 Å². The van der Waals surface area contributed by atoms with E-state index in [-0.39, 0.29) is 5.91 Å². The van der Waals surface area contributed by atoms with Gasteiger partial charge in [0, 0.05) is 38.9 Å². The minimum Gasteiger partial charge on any atom is -0.336 e. The lowest BCUT2D eigenvalue weighted by molar-refractivity contribution is 0.0628. The Morgan fingerprint density at radius 2 is 1.78 bits per heavy atom. The normalized spacial score (nSPS) is 15.1. The lowest BCUT2D eigenvalue weighted by Gasteiger charge is -2.34. The van der Waals surface area contributed by atoms with Crippen LogP contribution < -0.4 is 0 Å². The van der Waals surface area contributed by atoms with Crippen molar-refractivity contribution in [2.24, 2.45) is 0 Å². The highest BCUT2D eigenvalue weighted by Gasteiger charge is 2.23. The molecule has 0 atom stereocenters. The summed E-state index contributed by atoms with van der Waals surface area (Å²) in [5.41, 5.74) is 4.22. The Balaban J connectivity index is 1.35. The maximum atomic E-state index is 12.8. The van der Waals surface area contributed by atoms with Crippen LogP contribution in [0.1, 0.15) is 21.5 Å². The molecular weight excluding hydrogens is 336 g/mol. The summed E-state index contributed by atoms with van der Waals surface area (Å²) in [7, 11) is 0. The number of carbonyl (C=O) groups excluding carboxylic acids is 1. The molecule has 1 aliphatic heterocycles. The fourth-order valence-corrected chi connectivity index (χ4v) is 3.52. The van der Waals surface area contributed by atoms with Crippen molar-refractivity contribution in [2.45, 2.75) is 13.5 Å². The van der Waals surface area contributed by atoms with Crippen LogP contribution in [-0.4, -0.2) is 51.7 Å². The predicted octanol–water partition coefficient (Wildman–Crippen LogP) is 3.14. The minimum absolute atomic E-state index is 0.0624. The van der Waals surface area contributed by atoms with E-state index >= 15 is 0 Å². The lowest BCUT2D eigenvalue weighted by atomic mass is 10.1. The number of benzene rings is 2. The van der Waals surface area contributed by atoms with Crippen molar-refractivity contribution < 1.29 is 4.79 Å². The Kier molecular flexibility index (Phi) is 5.03. The van der Waals surface area contributed by atoms with Crippen LogP contribution >= 0.6 is 0 Å². The number of hydrogen-bond acceptors (Lipinski definition) is 3. The van der Waals surface area contributed by atoms with E-state index in [0.717, 1.165) is 38.4 Å². The first-order valence-corrected chi connectivity index (χ1v) is 9.36. The molecule has 5 heteroatoms. The maximum Gasteiger partial charge on any atom is 0.257 e. The third kappa shape index (κ3) is 4.09. The summed E-state index contributed by atoms with van der Waals surface area (Å²) in [6, 6.07) is 18.5. The van der Waals surface area contributed by atoms with Crippen molar-refractivity contribution in [1.82, 2.24) is 19.6 Å². The third-order valence-corrected chi connectivity index (χ3v) is 5.00. The van der Waals surface area contributed by atoms with Gasteiger partial charge in [-0.1, -0.05) is 48.0 Å². The van der Waals surface area contributed by atoms with Crippen LogP contribution in [0.2, 0.25) is 0 Å². The second-order valence-corrected chi connectivity index (χ2v) is 7.07. The molecule has 3 aromatic rings. The molecule has 0 spiro atoms. The molecule has 0 saturated carbocycles. The summed E-state index contributed by atoms with van der Waals surface area (Å²) in [6.45, 7) is 6.35. The molecule has 1 fully saturated rings. The van der Waals surface area contributed by atoms with Gasteiger partial charge in [0.2, 0.25) is 0 Å². The first-order chi connectivity index (χ1) is 13.2. The molecule has 1 aliphatic rings. The van der Waals surface area contributed by atoms with Crippen LogP contribution in [0.4, 0.5) is 0 Å². The van der Waals surface area contributed by atoms with Crippen molar-refractivity contribution in [3.63, 3.8) is 0 Å². The maximum absolute atomic E-state index is 12.8. The monoisotopic (exact) mass is 360 g/mol. The largest absolute Gasteiger partial charge is 0.336 e. The molecule has 2 aromatic carbocycles. The summed E-state index contributed by atoms with van der Waals surface area (Å²) in [4.78, 5) is 17.1. The molecule has 0 N–H and O–H groups in total. The van der Waals surface area contributed by atoms with Crippen LogP contribution in [0.25, 0.3) is 5.69 Å². The molecule has 1 aromatic heterocycles. The zero-order valence-corrected chi connectivity index (χ0v) is 15.6. The van der Waals surface area contributed by atoms with Gasteiger partial charge in [-0.2, -0.15) is 5.10 Å². The van der Waals surface area contributed by atoms with Gasteiger partial charge in [-0.3, -0.25) is 9.69 Å². The van der Waals surface area contributed by atoms with Crippen LogP contribution in [-0.2, 0) is 6.54 Å². The molecule has 0 bridgehead atoms. The molecule has 1 amide bonds. The molecule has 4 rings (SSSR count). The summed E-state index contributed by atoms with van der Waals surface area (Å²) in [5.74, 6) is 0.0624. The fourth-order valence-electron chi connectivity index (χ4n) is 3.52. The van der Waals surface area contributed by atoms with E-state index in [1.807, 2.05) is 41.4 Å². The highest BCUT2D eigenvalue weighted by molar-refractivity contribution is 5.93. The standard InChI is InChI=1S/C22H24N4O/c1-18-6-5-7-19(14-18)16-24-10-12-25(13-11-24)22(27)20-15-23-26(17-20)21-8-3-2-4-9-21/h2-9,14-15,17H,10-13,16H2,1H3. The average molecular weight is 360 g/mol. The van der Waals surface area contributed by atoms with Gasteiger partial charge in [0.15, 0.2) is 0 Å². The quantitative estimate of drug-likeness (QED) is 0.718. The van der Waals surface area contributed by atoms with Gasteiger partial charge in [0.25, 0.3) is 5.91 Å². The Morgan fingerprint density at radius 3 is 2.52 bits per heavy atom. The van der Waals surface area contributed by atoms with Gasteiger partial charge in [0.1, 0.15) is 0 Å². The SMILES string of the molecule is Cc1cccc(CN2CCN(C(=O)c3cnn(-c4ccccc4)c3)CC2)c1. The predicted molar refractivity (Wildman–Crippen MR) is 106 cm³/mol. The van der Waals surface area contributed by atoms with Gasteiger partial charge < -0.3 is 4.90 Å². The fraction of sp³-hybridized carbons (Fsp3) is 0.273. The minimum atomic E-state index is 0.0624. The average Bonchev–Trinajstić information content (AvgIpc) is 3.19.